The van der Waals surface area contributed by atoms with E-state index in [1.165, 1.54) is 31.2 Å². The van der Waals surface area contributed by atoms with E-state index in [0.717, 1.165) is 106 Å². The number of ether oxygens (including phenoxy) is 3. The smallest absolute Gasteiger partial charge is 0.416 e. The maximum absolute atomic E-state index is 13.7. The van der Waals surface area contributed by atoms with Crippen molar-refractivity contribution in [1.29, 1.82) is 0 Å². The third-order valence-corrected chi connectivity index (χ3v) is 20.5. The van der Waals surface area contributed by atoms with Crippen molar-refractivity contribution in [2.75, 3.05) is 104 Å². The second-order valence-electron chi connectivity index (χ2n) is 28.3. The van der Waals surface area contributed by atoms with Crippen LogP contribution in [-0.4, -0.2) is 148 Å². The number of alkyl halides is 3. The minimum absolute atomic E-state index is 0.0116. The molecule has 2 saturated carbocycles. The number of nitrogens with zero attached hydrogens (tertiary/aromatic N) is 12. The number of nitrogen functional groups attached to an aromatic ring is 3. The molecule has 3 aromatic heterocycles. The molecule has 0 radical (unpaired) electrons. The number of rotatable bonds is 29. The first-order valence-electron chi connectivity index (χ1n) is 36.8. The van der Waals surface area contributed by atoms with E-state index in [0.29, 0.717) is 154 Å². The van der Waals surface area contributed by atoms with Crippen molar-refractivity contribution in [3.05, 3.63) is 122 Å². The van der Waals surface area contributed by atoms with Gasteiger partial charge in [-0.15, -0.1) is 0 Å². The predicted octanol–water partition coefficient (Wildman–Crippen LogP) is 10.8. The van der Waals surface area contributed by atoms with E-state index in [1.54, 1.807) is 11.2 Å². The molecule has 12 rings (SSSR count). The number of ketones is 3. The Morgan fingerprint density at radius 1 is 0.529 bits per heavy atom. The Morgan fingerprint density at radius 2 is 0.904 bits per heavy atom. The molecule has 104 heavy (non-hydrogen) atoms. The van der Waals surface area contributed by atoms with Crippen LogP contribution in [-0.2, 0) is 93.9 Å². The zero-order valence-electron chi connectivity index (χ0n) is 60.9. The Bertz CT molecular complexity index is 4080. The van der Waals surface area contributed by atoms with Crippen LogP contribution in [0, 0.1) is 11.8 Å². The molecule has 2 aliphatic carbocycles. The first-order chi connectivity index (χ1) is 49.9. The molecule has 1 amide bonds. The lowest BCUT2D eigenvalue weighted by Crippen LogP contribution is -2.31. The number of anilines is 6. The Morgan fingerprint density at radius 3 is 1.29 bits per heavy atom. The Kier molecular flexibility index (Phi) is 27.2. The number of amides is 1. The van der Waals surface area contributed by atoms with Gasteiger partial charge in [-0.1, -0.05) is 94.6 Å². The zero-order chi connectivity index (χ0) is 74.1. The van der Waals surface area contributed by atoms with E-state index in [4.69, 9.17) is 31.4 Å². The number of halogens is 3. The highest BCUT2D eigenvalue weighted by molar-refractivity contribution is 7.88. The summed E-state index contributed by atoms with van der Waals surface area (Å²) in [4.78, 5) is 86.0. The molecule has 28 heteroatoms. The third-order valence-electron chi connectivity index (χ3n) is 19.2. The Labute approximate surface area is 609 Å². The van der Waals surface area contributed by atoms with Gasteiger partial charge in [0, 0.05) is 134 Å². The van der Waals surface area contributed by atoms with E-state index in [1.807, 2.05) is 58.0 Å². The highest BCUT2D eigenvalue weighted by atomic mass is 32.2. The van der Waals surface area contributed by atoms with Crippen LogP contribution < -0.4 is 46.1 Å². The minimum atomic E-state index is -4.45. The van der Waals surface area contributed by atoms with Crippen LogP contribution in [0.2, 0.25) is 0 Å². The fourth-order valence-corrected chi connectivity index (χ4v) is 14.0. The van der Waals surface area contributed by atoms with Gasteiger partial charge in [-0.2, -0.15) is 47.4 Å². The van der Waals surface area contributed by atoms with Gasteiger partial charge >= 0.3 is 24.2 Å². The lowest BCUT2D eigenvalue weighted by molar-refractivity contribution is -0.137. The maximum Gasteiger partial charge on any atom is 0.416 e. The number of carbonyl (C=O) groups is 4. The average molecular weight is 1460 g/mol. The van der Waals surface area contributed by atoms with Crippen molar-refractivity contribution in [2.45, 2.75) is 189 Å². The summed E-state index contributed by atoms with van der Waals surface area (Å²) >= 11 is 0. The minimum Gasteiger partial charge on any atom is -0.463 e. The SMILES string of the molecule is CCCCOc1nc(N)c2c(n1)N(Cc1cc(CN3CCCC3)cc(C(F)(F)F)c1)CCC(=O)C2.CCCCOc1nc(N)c2c(n1)N(Cc1cccc(CN(CC3CC3)C(C)=O)c1)CCC(=O)C2.CCCCOc1nc(N)c2c(n1)N(Cc1cccc(CN(CC3CC3)S(C)(=O)=O)c1)CCC(=O)C2. The molecule has 3 aromatic carbocycles. The number of sulfonamides is 1. The number of aromatic nitrogens is 6. The van der Waals surface area contributed by atoms with Gasteiger partial charge in [-0.3, -0.25) is 24.1 Å². The van der Waals surface area contributed by atoms with Crippen LogP contribution in [0.1, 0.15) is 180 Å². The molecule has 4 aliphatic heterocycles. The summed E-state index contributed by atoms with van der Waals surface area (Å²) in [5.74, 6) is 3.96. The van der Waals surface area contributed by atoms with Gasteiger partial charge in [-0.05, 0) is 128 Å². The molecule has 0 atom stereocenters. The first-order valence-corrected chi connectivity index (χ1v) is 38.7. The number of Topliss-reactive ketones (excluding diaryl/α,β-unsaturated/α-hetero) is 3. The average Bonchev–Trinajstić information content (AvgIpc) is 1.77. The van der Waals surface area contributed by atoms with Crippen molar-refractivity contribution in [1.82, 2.24) is 44.0 Å². The molecule has 24 nitrogen and oxygen atoms in total. The number of fused-ring (bicyclic) bond motifs is 3. The van der Waals surface area contributed by atoms with E-state index < -0.39 is 21.8 Å². The lowest BCUT2D eigenvalue weighted by atomic mass is 10.0. The summed E-state index contributed by atoms with van der Waals surface area (Å²) in [6, 6.07) is 21.1. The summed E-state index contributed by atoms with van der Waals surface area (Å²) in [5, 5.41) is 0. The van der Waals surface area contributed by atoms with Gasteiger partial charge in [-0.25, -0.2) is 8.42 Å². The number of unbranched alkanes of at least 4 members (excludes halogenated alkanes) is 3. The molecule has 3 fully saturated rings. The number of hydrogen-bond donors (Lipinski definition) is 3. The van der Waals surface area contributed by atoms with Gasteiger partial charge in [0.25, 0.3) is 0 Å². The Balaban J connectivity index is 0.000000167. The molecule has 1 saturated heterocycles. The zero-order valence-corrected chi connectivity index (χ0v) is 61.7. The summed E-state index contributed by atoms with van der Waals surface area (Å²) in [5.41, 5.74) is 25.1. The number of nitrogens with two attached hydrogens (primary N) is 3. The number of hydrogen-bond acceptors (Lipinski definition) is 22. The molecular formula is C76H102F3N15O9S. The standard InChI is InChI=1S/C26H35N5O3.C25H32F3N5O2.C25H35N5O4S/c1-3-4-12-34-26-28-24(27)23-14-22(33)10-11-30(25(23)29-26)16-20-6-5-7-21(13-20)17-31(18(2)32)15-19-8-9-19;1-2-3-10-35-24-30-22(29)21-14-20(34)6-9-33(23(21)31-24)16-18-11-17(15-32-7-4-5-8-32)12-19(13-18)25(26,27)28;1-3-4-12-34-25-27-23(26)22-14-21(31)10-11-29(24(22)28-25)15-19-6-5-7-20(13-19)17-30(35(2,32)33)16-18-8-9-18/h5-7,13,19H,3-4,8-12,14-17H2,1-2H3,(H2,27,28,29);11-13H,2-10,14-16H2,1H3,(H2,29,30,31);5-7,13,18H,3-4,8-12,14-17H2,1-2H3,(H2,26,27,28). The second-order valence-corrected chi connectivity index (χ2v) is 30.3. The van der Waals surface area contributed by atoms with Crippen molar-refractivity contribution in [3.63, 3.8) is 0 Å². The van der Waals surface area contributed by atoms with Crippen LogP contribution in [0.25, 0.3) is 0 Å². The van der Waals surface area contributed by atoms with Gasteiger partial charge in [0.05, 0.1) is 31.6 Å². The fourth-order valence-electron chi connectivity index (χ4n) is 13.1. The van der Waals surface area contributed by atoms with Crippen LogP contribution in [0.3, 0.4) is 0 Å². The van der Waals surface area contributed by atoms with Crippen LogP contribution in [0.5, 0.6) is 18.0 Å². The monoisotopic (exact) mass is 1460 g/mol. The van der Waals surface area contributed by atoms with Crippen molar-refractivity contribution in [3.8, 4) is 18.0 Å². The molecule has 0 bridgehead atoms. The van der Waals surface area contributed by atoms with E-state index >= 15 is 0 Å². The summed E-state index contributed by atoms with van der Waals surface area (Å²) < 4.78 is 84.5. The van der Waals surface area contributed by atoms with E-state index in [-0.39, 0.29) is 85.2 Å². The molecule has 562 valence electrons. The molecule has 6 aromatic rings. The highest BCUT2D eigenvalue weighted by Crippen LogP contribution is 2.38. The fraction of sp³-hybridized carbons (Fsp3) is 0.553. The van der Waals surface area contributed by atoms with Crippen molar-refractivity contribution < 1.29 is 55.0 Å². The molecule has 7 heterocycles. The molecule has 0 spiro atoms. The number of benzene rings is 3. The van der Waals surface area contributed by atoms with Gasteiger partial charge in [0.2, 0.25) is 15.9 Å². The summed E-state index contributed by atoms with van der Waals surface area (Å²) in [6.45, 7) is 16.6. The van der Waals surface area contributed by atoms with Gasteiger partial charge < -0.3 is 51.0 Å². The largest absolute Gasteiger partial charge is 0.463 e. The Hall–Kier alpha value is -8.76. The maximum atomic E-state index is 13.7. The molecule has 6 N–H and O–H groups in total. The number of carbonyl (C=O) groups excluding carboxylic acids is 4. The highest BCUT2D eigenvalue weighted by Gasteiger charge is 2.35. The quantitative estimate of drug-likeness (QED) is 0.0368. The first kappa shape index (κ1) is 77.8. The predicted molar refractivity (Wildman–Crippen MR) is 394 cm³/mol. The number of likely N-dealkylation sites (tertiary alicyclic amines) is 1. The third kappa shape index (κ3) is 22.9. The van der Waals surface area contributed by atoms with Crippen molar-refractivity contribution >= 4 is 68.2 Å². The van der Waals surface area contributed by atoms with Crippen LogP contribution >= 0.6 is 0 Å². The normalized spacial score (nSPS) is 16.3. The molecule has 6 aliphatic rings. The van der Waals surface area contributed by atoms with E-state index in [9.17, 15) is 40.8 Å². The molecular weight excluding hydrogens is 1360 g/mol. The van der Waals surface area contributed by atoms with Crippen LogP contribution in [0.15, 0.2) is 66.7 Å². The van der Waals surface area contributed by atoms with E-state index in [2.05, 4.69) is 71.8 Å². The second kappa shape index (κ2) is 36.3. The van der Waals surface area contributed by atoms with Crippen LogP contribution in [0.4, 0.5) is 48.1 Å². The van der Waals surface area contributed by atoms with Crippen molar-refractivity contribution in [2.24, 2.45) is 11.8 Å². The van der Waals surface area contributed by atoms with Gasteiger partial charge in [0.1, 0.15) is 52.3 Å². The summed E-state index contributed by atoms with van der Waals surface area (Å²) in [7, 11) is -3.29. The van der Waals surface area contributed by atoms with Gasteiger partial charge in [0.15, 0.2) is 0 Å². The molecule has 0 unspecified atom stereocenters. The summed E-state index contributed by atoms with van der Waals surface area (Å²) in [6.07, 6.45) is 10.7. The topological polar surface area (TPSA) is 305 Å². The lowest BCUT2D eigenvalue weighted by Gasteiger charge is -2.25.